The van der Waals surface area contributed by atoms with Crippen LogP contribution in [0.5, 0.6) is 0 Å². The molecule has 0 radical (unpaired) electrons. The Bertz CT molecular complexity index is 360. The van der Waals surface area contributed by atoms with Crippen molar-refractivity contribution in [2.45, 2.75) is 18.4 Å². The number of hydrogen-bond donors (Lipinski definition) is 1. The van der Waals surface area contributed by atoms with Crippen LogP contribution in [-0.4, -0.2) is 9.91 Å². The van der Waals surface area contributed by atoms with E-state index in [1.807, 2.05) is 0 Å². The van der Waals surface area contributed by atoms with E-state index in [2.05, 4.69) is 4.98 Å². The Labute approximate surface area is 74.7 Å². The molecule has 1 saturated carbocycles. The Morgan fingerprint density at radius 3 is 2.77 bits per heavy atom. The summed E-state index contributed by atoms with van der Waals surface area (Å²) in [6, 6.07) is 1.50. The van der Waals surface area contributed by atoms with Crippen molar-refractivity contribution in [3.63, 3.8) is 0 Å². The number of rotatable bonds is 2. The van der Waals surface area contributed by atoms with E-state index in [-0.39, 0.29) is 11.2 Å². The first-order chi connectivity index (χ1) is 6.12. The summed E-state index contributed by atoms with van der Waals surface area (Å²) in [7, 11) is 0. The third-order valence-electron chi connectivity index (χ3n) is 2.30. The van der Waals surface area contributed by atoms with Crippen molar-refractivity contribution < 1.29 is 4.92 Å². The van der Waals surface area contributed by atoms with Gasteiger partial charge in [-0.05, 0) is 18.4 Å². The van der Waals surface area contributed by atoms with E-state index in [9.17, 15) is 10.1 Å². The quantitative estimate of drug-likeness (QED) is 0.541. The van der Waals surface area contributed by atoms with Gasteiger partial charge in [-0.25, -0.2) is 0 Å². The van der Waals surface area contributed by atoms with E-state index in [1.54, 1.807) is 6.20 Å². The van der Waals surface area contributed by atoms with Crippen LogP contribution in [0.25, 0.3) is 0 Å². The molecule has 0 saturated heterocycles. The number of pyridine rings is 1. The van der Waals surface area contributed by atoms with Crippen molar-refractivity contribution in [2.24, 2.45) is 5.73 Å². The van der Waals surface area contributed by atoms with Crippen LogP contribution in [0.4, 0.5) is 5.69 Å². The highest BCUT2D eigenvalue weighted by Crippen LogP contribution is 2.42. The molecule has 0 bridgehead atoms. The minimum Gasteiger partial charge on any atom is -0.321 e. The summed E-state index contributed by atoms with van der Waals surface area (Å²) in [4.78, 5) is 13.8. The van der Waals surface area contributed by atoms with Crippen molar-refractivity contribution in [2.75, 3.05) is 0 Å². The van der Waals surface area contributed by atoms with Gasteiger partial charge < -0.3 is 5.73 Å². The van der Waals surface area contributed by atoms with Crippen molar-refractivity contribution >= 4 is 5.69 Å². The van der Waals surface area contributed by atoms with Gasteiger partial charge >= 0.3 is 0 Å². The molecule has 13 heavy (non-hydrogen) atoms. The van der Waals surface area contributed by atoms with Crippen LogP contribution in [0.15, 0.2) is 18.5 Å². The van der Waals surface area contributed by atoms with Gasteiger partial charge in [-0.15, -0.1) is 0 Å². The van der Waals surface area contributed by atoms with Gasteiger partial charge in [-0.2, -0.15) is 0 Å². The highest BCUT2D eigenvalue weighted by molar-refractivity contribution is 5.36. The smallest absolute Gasteiger partial charge is 0.287 e. The van der Waals surface area contributed by atoms with Gasteiger partial charge in [0.15, 0.2) is 0 Å². The number of nitrogens with two attached hydrogens (primary N) is 1. The maximum absolute atomic E-state index is 10.4. The summed E-state index contributed by atoms with van der Waals surface area (Å²) < 4.78 is 0. The van der Waals surface area contributed by atoms with Gasteiger partial charge in [0.25, 0.3) is 5.69 Å². The molecule has 2 rings (SSSR count). The molecule has 0 aliphatic heterocycles. The van der Waals surface area contributed by atoms with E-state index >= 15 is 0 Å². The van der Waals surface area contributed by atoms with Crippen molar-refractivity contribution in [1.82, 2.24) is 4.98 Å². The second-order valence-corrected chi connectivity index (χ2v) is 3.35. The molecule has 1 heterocycles. The topological polar surface area (TPSA) is 82.0 Å². The summed E-state index contributed by atoms with van der Waals surface area (Å²) in [6.45, 7) is 0. The zero-order chi connectivity index (χ0) is 9.47. The maximum Gasteiger partial charge on any atom is 0.287 e. The Kier molecular flexibility index (Phi) is 1.56. The minimum atomic E-state index is -0.456. The van der Waals surface area contributed by atoms with Gasteiger partial charge in [-0.3, -0.25) is 15.1 Å². The number of hydrogen-bond acceptors (Lipinski definition) is 4. The predicted molar refractivity (Wildman–Crippen MR) is 46.0 cm³/mol. The third kappa shape index (κ3) is 1.38. The van der Waals surface area contributed by atoms with Crippen molar-refractivity contribution in [1.29, 1.82) is 0 Å². The zero-order valence-corrected chi connectivity index (χ0v) is 6.93. The molecule has 5 nitrogen and oxygen atoms in total. The average Bonchev–Trinajstić information content (AvgIpc) is 2.85. The standard InChI is InChI=1S/C8H9N3O2/c9-8(1-2-8)6-3-7(11(12)13)5-10-4-6/h3-5H,1-2,9H2. The molecule has 1 aliphatic rings. The lowest BCUT2D eigenvalue weighted by atomic mass is 10.1. The van der Waals surface area contributed by atoms with E-state index in [0.29, 0.717) is 0 Å². The monoisotopic (exact) mass is 179 g/mol. The minimum absolute atomic E-state index is 0.00854. The van der Waals surface area contributed by atoms with Crippen molar-refractivity contribution in [3.05, 3.63) is 34.1 Å². The van der Waals surface area contributed by atoms with Gasteiger partial charge in [-0.1, -0.05) is 0 Å². The molecule has 0 spiro atoms. The molecule has 2 N–H and O–H groups in total. The summed E-state index contributed by atoms with van der Waals surface area (Å²) in [6.07, 6.45) is 4.60. The van der Waals surface area contributed by atoms with E-state index in [0.717, 1.165) is 18.4 Å². The summed E-state index contributed by atoms with van der Waals surface area (Å²) >= 11 is 0. The summed E-state index contributed by atoms with van der Waals surface area (Å²) in [5.74, 6) is 0. The second kappa shape index (κ2) is 2.50. The molecular weight excluding hydrogens is 170 g/mol. The molecule has 68 valence electrons. The third-order valence-corrected chi connectivity index (χ3v) is 2.30. The first-order valence-electron chi connectivity index (χ1n) is 4.01. The number of nitrogens with zero attached hydrogens (tertiary/aromatic N) is 2. The Hall–Kier alpha value is -1.49. The van der Waals surface area contributed by atoms with Crippen LogP contribution in [0.2, 0.25) is 0 Å². The van der Waals surface area contributed by atoms with Gasteiger partial charge in [0.1, 0.15) is 6.20 Å². The molecular formula is C8H9N3O2. The summed E-state index contributed by atoms with van der Waals surface area (Å²) in [5.41, 5.74) is 6.30. The fourth-order valence-electron chi connectivity index (χ4n) is 1.22. The second-order valence-electron chi connectivity index (χ2n) is 3.35. The van der Waals surface area contributed by atoms with Crippen LogP contribution in [0, 0.1) is 10.1 Å². The zero-order valence-electron chi connectivity index (χ0n) is 6.93. The van der Waals surface area contributed by atoms with E-state index in [1.165, 1.54) is 12.3 Å². The summed E-state index contributed by atoms with van der Waals surface area (Å²) in [5, 5.41) is 10.4. The highest BCUT2D eigenvalue weighted by atomic mass is 16.6. The van der Waals surface area contributed by atoms with Gasteiger partial charge in [0.05, 0.1) is 4.92 Å². The predicted octanol–water partition coefficient (Wildman–Crippen LogP) is 0.938. The molecule has 5 heteroatoms. The van der Waals surface area contributed by atoms with Gasteiger partial charge in [0, 0.05) is 17.8 Å². The molecule has 0 atom stereocenters. The van der Waals surface area contributed by atoms with Crippen LogP contribution < -0.4 is 5.73 Å². The highest BCUT2D eigenvalue weighted by Gasteiger charge is 2.40. The van der Waals surface area contributed by atoms with E-state index in [4.69, 9.17) is 5.73 Å². The largest absolute Gasteiger partial charge is 0.321 e. The normalized spacial score (nSPS) is 18.2. The molecule has 1 aromatic rings. The maximum atomic E-state index is 10.4. The van der Waals surface area contributed by atoms with Crippen LogP contribution in [0.3, 0.4) is 0 Å². The number of aromatic nitrogens is 1. The molecule has 0 aromatic carbocycles. The lowest BCUT2D eigenvalue weighted by Crippen LogP contribution is -2.18. The molecule has 1 aromatic heterocycles. The molecule has 0 amide bonds. The number of nitro groups is 1. The fourth-order valence-corrected chi connectivity index (χ4v) is 1.22. The van der Waals surface area contributed by atoms with Crippen LogP contribution in [0.1, 0.15) is 18.4 Å². The lowest BCUT2D eigenvalue weighted by molar-refractivity contribution is -0.385. The fraction of sp³-hybridized carbons (Fsp3) is 0.375. The first kappa shape index (κ1) is 8.12. The average molecular weight is 179 g/mol. The Morgan fingerprint density at radius 1 is 1.54 bits per heavy atom. The first-order valence-corrected chi connectivity index (χ1v) is 4.01. The van der Waals surface area contributed by atoms with Crippen molar-refractivity contribution in [3.8, 4) is 0 Å². The van der Waals surface area contributed by atoms with Crippen LogP contribution in [-0.2, 0) is 5.54 Å². The van der Waals surface area contributed by atoms with Crippen LogP contribution >= 0.6 is 0 Å². The van der Waals surface area contributed by atoms with Gasteiger partial charge in [0.2, 0.25) is 0 Å². The molecule has 1 aliphatic carbocycles. The molecule has 1 fully saturated rings. The van der Waals surface area contributed by atoms with E-state index < -0.39 is 4.92 Å². The molecule has 0 unspecified atom stereocenters. The Morgan fingerprint density at radius 2 is 2.23 bits per heavy atom. The Balaban J connectivity index is 2.38. The lowest BCUT2D eigenvalue weighted by Gasteiger charge is -2.06. The SMILES string of the molecule is NC1(c2cncc([N+](=O)[O-])c2)CC1.